The Morgan fingerprint density at radius 2 is 2.07 bits per heavy atom. The predicted molar refractivity (Wildman–Crippen MR) is 60.4 cm³/mol. The van der Waals surface area contributed by atoms with Gasteiger partial charge in [0.15, 0.2) is 0 Å². The lowest BCUT2D eigenvalue weighted by atomic mass is 9.67. The van der Waals surface area contributed by atoms with Crippen molar-refractivity contribution in [3.05, 3.63) is 0 Å². The van der Waals surface area contributed by atoms with E-state index < -0.39 is 0 Å². The lowest BCUT2D eigenvalue weighted by Gasteiger charge is -2.42. The minimum absolute atomic E-state index is 0.155. The van der Waals surface area contributed by atoms with Gasteiger partial charge in [0, 0.05) is 5.54 Å². The third kappa shape index (κ3) is 3.82. The molecule has 1 atom stereocenters. The predicted octanol–water partition coefficient (Wildman–Crippen LogP) is 2.24. The van der Waals surface area contributed by atoms with Gasteiger partial charge in [0.05, 0.1) is 13.0 Å². The maximum absolute atomic E-state index is 11.4. The summed E-state index contributed by atoms with van der Waals surface area (Å²) in [7, 11) is 0. The standard InChI is InChI=1S/C12H23NO2/c1-4-15-10(14)8-12(13)7-5-6-11(2,3)9-12/h4-9,13H2,1-3H3. The van der Waals surface area contributed by atoms with Gasteiger partial charge < -0.3 is 10.5 Å². The van der Waals surface area contributed by atoms with Crippen molar-refractivity contribution in [2.75, 3.05) is 6.61 Å². The molecule has 1 saturated carbocycles. The zero-order valence-corrected chi connectivity index (χ0v) is 10.1. The van der Waals surface area contributed by atoms with Crippen LogP contribution in [0.5, 0.6) is 0 Å². The number of ether oxygens (including phenoxy) is 1. The lowest BCUT2D eigenvalue weighted by molar-refractivity contribution is -0.145. The fraction of sp³-hybridized carbons (Fsp3) is 0.917. The molecule has 0 aliphatic heterocycles. The van der Waals surface area contributed by atoms with Gasteiger partial charge >= 0.3 is 5.97 Å². The van der Waals surface area contributed by atoms with E-state index in [0.717, 1.165) is 19.3 Å². The van der Waals surface area contributed by atoms with Gasteiger partial charge in [-0.05, 0) is 31.6 Å². The quantitative estimate of drug-likeness (QED) is 0.731. The first-order chi connectivity index (χ1) is 6.87. The van der Waals surface area contributed by atoms with Crippen LogP contribution in [0, 0.1) is 5.41 Å². The van der Waals surface area contributed by atoms with Gasteiger partial charge in [-0.3, -0.25) is 4.79 Å². The van der Waals surface area contributed by atoms with Gasteiger partial charge in [-0.1, -0.05) is 20.3 Å². The Morgan fingerprint density at radius 1 is 1.40 bits per heavy atom. The number of hydrogen-bond acceptors (Lipinski definition) is 3. The van der Waals surface area contributed by atoms with E-state index in [9.17, 15) is 4.79 Å². The van der Waals surface area contributed by atoms with Crippen LogP contribution in [0.1, 0.15) is 52.9 Å². The minimum atomic E-state index is -0.339. The SMILES string of the molecule is CCOC(=O)CC1(N)CCCC(C)(C)C1. The highest BCUT2D eigenvalue weighted by Gasteiger charge is 2.38. The first kappa shape index (κ1) is 12.5. The second-order valence-corrected chi connectivity index (χ2v) is 5.54. The largest absolute Gasteiger partial charge is 0.466 e. The van der Waals surface area contributed by atoms with E-state index in [1.807, 2.05) is 6.92 Å². The molecule has 0 heterocycles. The van der Waals surface area contributed by atoms with Crippen LogP contribution >= 0.6 is 0 Å². The Bertz CT molecular complexity index is 238. The first-order valence-electron chi connectivity index (χ1n) is 5.81. The van der Waals surface area contributed by atoms with Gasteiger partial charge in [-0.15, -0.1) is 0 Å². The highest BCUT2D eigenvalue weighted by atomic mass is 16.5. The van der Waals surface area contributed by atoms with Gasteiger partial charge in [0.1, 0.15) is 0 Å². The Hall–Kier alpha value is -0.570. The Morgan fingerprint density at radius 3 is 2.60 bits per heavy atom. The second kappa shape index (κ2) is 4.52. The summed E-state index contributed by atoms with van der Waals surface area (Å²) in [5.74, 6) is -0.155. The minimum Gasteiger partial charge on any atom is -0.466 e. The average Bonchev–Trinajstić information content (AvgIpc) is 1.99. The van der Waals surface area contributed by atoms with Gasteiger partial charge in [-0.2, -0.15) is 0 Å². The van der Waals surface area contributed by atoms with Crippen LogP contribution in [-0.2, 0) is 9.53 Å². The number of rotatable bonds is 3. The van der Waals surface area contributed by atoms with E-state index >= 15 is 0 Å². The van der Waals surface area contributed by atoms with Gasteiger partial charge in [-0.25, -0.2) is 0 Å². The van der Waals surface area contributed by atoms with Crippen molar-refractivity contribution < 1.29 is 9.53 Å². The molecule has 1 fully saturated rings. The van der Waals surface area contributed by atoms with E-state index in [0.29, 0.717) is 13.0 Å². The molecule has 1 rings (SSSR count). The van der Waals surface area contributed by atoms with Crippen LogP contribution in [0.3, 0.4) is 0 Å². The number of carbonyl (C=O) groups excluding carboxylic acids is 1. The average molecular weight is 213 g/mol. The number of carbonyl (C=O) groups is 1. The zero-order chi connectivity index (χ0) is 11.5. The molecular weight excluding hydrogens is 190 g/mol. The normalized spacial score (nSPS) is 29.9. The van der Waals surface area contributed by atoms with E-state index in [2.05, 4.69) is 13.8 Å². The van der Waals surface area contributed by atoms with Gasteiger partial charge in [0.2, 0.25) is 0 Å². The molecule has 1 aliphatic carbocycles. The first-order valence-corrected chi connectivity index (χ1v) is 5.81. The van der Waals surface area contributed by atoms with Crippen molar-refractivity contribution in [1.82, 2.24) is 0 Å². The summed E-state index contributed by atoms with van der Waals surface area (Å²) < 4.78 is 4.96. The molecule has 3 nitrogen and oxygen atoms in total. The highest BCUT2D eigenvalue weighted by molar-refractivity contribution is 5.70. The van der Waals surface area contributed by atoms with Crippen molar-refractivity contribution >= 4 is 5.97 Å². The van der Waals surface area contributed by atoms with Crippen molar-refractivity contribution in [3.63, 3.8) is 0 Å². The van der Waals surface area contributed by atoms with Gasteiger partial charge in [0.25, 0.3) is 0 Å². The molecule has 0 amide bonds. The second-order valence-electron chi connectivity index (χ2n) is 5.54. The molecule has 1 aliphatic rings. The highest BCUT2D eigenvalue weighted by Crippen LogP contribution is 2.41. The molecule has 3 heteroatoms. The zero-order valence-electron chi connectivity index (χ0n) is 10.1. The Kier molecular flexibility index (Phi) is 3.77. The molecule has 0 aromatic heterocycles. The Labute approximate surface area is 92.4 Å². The van der Waals surface area contributed by atoms with Crippen LogP contribution < -0.4 is 5.73 Å². The topological polar surface area (TPSA) is 52.3 Å². The summed E-state index contributed by atoms with van der Waals surface area (Å²) in [5.41, 5.74) is 6.19. The van der Waals surface area contributed by atoms with Crippen LogP contribution in [0.4, 0.5) is 0 Å². The third-order valence-electron chi connectivity index (χ3n) is 3.16. The maximum atomic E-state index is 11.4. The smallest absolute Gasteiger partial charge is 0.307 e. The van der Waals surface area contributed by atoms with Crippen molar-refractivity contribution in [2.24, 2.45) is 11.1 Å². The molecule has 1 unspecified atom stereocenters. The molecular formula is C12H23NO2. The van der Waals surface area contributed by atoms with Crippen molar-refractivity contribution in [2.45, 2.75) is 58.4 Å². The fourth-order valence-corrected chi connectivity index (χ4v) is 2.70. The molecule has 2 N–H and O–H groups in total. The monoisotopic (exact) mass is 213 g/mol. The maximum Gasteiger partial charge on any atom is 0.307 e. The van der Waals surface area contributed by atoms with E-state index in [1.54, 1.807) is 0 Å². The summed E-state index contributed by atoms with van der Waals surface area (Å²) in [4.78, 5) is 11.4. The summed E-state index contributed by atoms with van der Waals surface area (Å²) in [6, 6.07) is 0. The van der Waals surface area contributed by atoms with Crippen molar-refractivity contribution in [1.29, 1.82) is 0 Å². The van der Waals surface area contributed by atoms with Crippen LogP contribution in [0.25, 0.3) is 0 Å². The lowest BCUT2D eigenvalue weighted by Crippen LogP contribution is -2.48. The number of nitrogens with two attached hydrogens (primary N) is 1. The van der Waals surface area contributed by atoms with E-state index in [-0.39, 0.29) is 16.9 Å². The number of hydrogen-bond donors (Lipinski definition) is 1. The summed E-state index contributed by atoms with van der Waals surface area (Å²) >= 11 is 0. The Balaban J connectivity index is 2.54. The molecule has 0 aromatic carbocycles. The molecule has 0 radical (unpaired) electrons. The van der Waals surface area contributed by atoms with E-state index in [4.69, 9.17) is 10.5 Å². The molecule has 0 bridgehead atoms. The van der Waals surface area contributed by atoms with Crippen molar-refractivity contribution in [3.8, 4) is 0 Å². The molecule has 0 aromatic rings. The summed E-state index contributed by atoms with van der Waals surface area (Å²) in [5, 5.41) is 0. The van der Waals surface area contributed by atoms with Crippen LogP contribution in [-0.4, -0.2) is 18.1 Å². The number of esters is 1. The molecule has 0 spiro atoms. The van der Waals surface area contributed by atoms with E-state index in [1.165, 1.54) is 6.42 Å². The molecule has 88 valence electrons. The van der Waals surface area contributed by atoms with Crippen LogP contribution in [0.15, 0.2) is 0 Å². The molecule has 0 saturated heterocycles. The summed E-state index contributed by atoms with van der Waals surface area (Å²) in [6.45, 7) is 6.71. The third-order valence-corrected chi connectivity index (χ3v) is 3.16. The van der Waals surface area contributed by atoms with Crippen LogP contribution in [0.2, 0.25) is 0 Å². The summed E-state index contributed by atoms with van der Waals surface area (Å²) in [6.07, 6.45) is 4.54. The molecule has 15 heavy (non-hydrogen) atoms. The fourth-order valence-electron chi connectivity index (χ4n) is 2.70.